The molecule has 0 spiro atoms. The first kappa shape index (κ1) is 20.1. The second kappa shape index (κ2) is 11.3. The molecule has 0 aliphatic carbocycles. The van der Waals surface area contributed by atoms with E-state index in [-0.39, 0.29) is 0 Å². The maximum atomic E-state index is 5.81. The van der Waals surface area contributed by atoms with Crippen LogP contribution >= 0.6 is 0 Å². The first-order valence-corrected chi connectivity index (χ1v) is 10.9. The van der Waals surface area contributed by atoms with Gasteiger partial charge in [0.15, 0.2) is 0 Å². The fourth-order valence-corrected chi connectivity index (χ4v) is 4.46. The second-order valence-corrected chi connectivity index (χ2v) is 8.11. The van der Waals surface area contributed by atoms with E-state index >= 15 is 0 Å². The van der Waals surface area contributed by atoms with Crippen LogP contribution in [0.15, 0.2) is 60.7 Å². The summed E-state index contributed by atoms with van der Waals surface area (Å²) in [5.41, 5.74) is 8.77. The molecule has 27 heavy (non-hydrogen) atoms. The minimum absolute atomic E-state index is 0.698. The van der Waals surface area contributed by atoms with E-state index in [4.69, 9.17) is 5.73 Å². The van der Waals surface area contributed by atoms with Crippen LogP contribution in [0.3, 0.4) is 0 Å². The van der Waals surface area contributed by atoms with Gasteiger partial charge in [-0.05, 0) is 88.0 Å². The number of rotatable bonds is 10. The second-order valence-electron chi connectivity index (χ2n) is 8.11. The van der Waals surface area contributed by atoms with E-state index < -0.39 is 0 Å². The molecule has 3 rings (SSSR count). The highest BCUT2D eigenvalue weighted by molar-refractivity contribution is 5.15. The molecule has 1 heterocycles. The molecule has 2 aromatic rings. The normalized spacial score (nSPS) is 17.1. The zero-order valence-electron chi connectivity index (χ0n) is 16.7. The Bertz CT molecular complexity index is 617. The van der Waals surface area contributed by atoms with Crippen LogP contribution in [0.25, 0.3) is 0 Å². The van der Waals surface area contributed by atoms with Gasteiger partial charge < -0.3 is 10.6 Å². The molecule has 2 heteroatoms. The zero-order valence-corrected chi connectivity index (χ0v) is 16.7. The maximum absolute atomic E-state index is 5.81. The van der Waals surface area contributed by atoms with Gasteiger partial charge in [0, 0.05) is 6.04 Å². The number of nitrogens with zero attached hydrogens (tertiary/aromatic N) is 1. The summed E-state index contributed by atoms with van der Waals surface area (Å²) in [7, 11) is 0. The fourth-order valence-electron chi connectivity index (χ4n) is 4.46. The predicted octanol–water partition coefficient (Wildman–Crippen LogP) is 5.07. The van der Waals surface area contributed by atoms with Gasteiger partial charge in [0.25, 0.3) is 0 Å². The third kappa shape index (κ3) is 6.79. The minimum Gasteiger partial charge on any atom is -0.330 e. The molecule has 1 fully saturated rings. The van der Waals surface area contributed by atoms with Crippen molar-refractivity contribution in [3.8, 4) is 0 Å². The van der Waals surface area contributed by atoms with E-state index in [1.807, 2.05) is 0 Å². The monoisotopic (exact) mass is 364 g/mol. The van der Waals surface area contributed by atoms with Gasteiger partial charge >= 0.3 is 0 Å². The summed E-state index contributed by atoms with van der Waals surface area (Å²) in [5.74, 6) is 0.894. The van der Waals surface area contributed by atoms with Crippen molar-refractivity contribution < 1.29 is 0 Å². The van der Waals surface area contributed by atoms with Crippen molar-refractivity contribution >= 4 is 0 Å². The van der Waals surface area contributed by atoms with Gasteiger partial charge in [0.1, 0.15) is 0 Å². The summed E-state index contributed by atoms with van der Waals surface area (Å²) in [6.45, 7) is 3.35. The Morgan fingerprint density at radius 3 is 2.00 bits per heavy atom. The standard InChI is InChI=1S/C25H36N2/c26-19-7-12-25(16-15-23-10-5-2-6-11-23)27-20-17-24(18-21-27)14-13-22-8-3-1-4-9-22/h1-6,8-11,24-25H,7,12-21,26H2. The van der Waals surface area contributed by atoms with Crippen molar-refractivity contribution in [1.29, 1.82) is 0 Å². The van der Waals surface area contributed by atoms with Crippen LogP contribution in [0.2, 0.25) is 0 Å². The van der Waals surface area contributed by atoms with Crippen molar-refractivity contribution in [2.75, 3.05) is 19.6 Å². The quantitative estimate of drug-likeness (QED) is 0.637. The molecule has 0 aromatic heterocycles. The lowest BCUT2D eigenvalue weighted by Gasteiger charge is -2.38. The number of benzene rings is 2. The molecule has 146 valence electrons. The summed E-state index contributed by atoms with van der Waals surface area (Å²) in [4.78, 5) is 2.76. The molecule has 0 radical (unpaired) electrons. The van der Waals surface area contributed by atoms with Crippen molar-refractivity contribution in [3.05, 3.63) is 71.8 Å². The average molecular weight is 365 g/mol. The average Bonchev–Trinajstić information content (AvgIpc) is 2.74. The topological polar surface area (TPSA) is 29.3 Å². The Hall–Kier alpha value is -1.64. The Morgan fingerprint density at radius 1 is 0.815 bits per heavy atom. The first-order chi connectivity index (χ1) is 13.3. The van der Waals surface area contributed by atoms with E-state index in [9.17, 15) is 0 Å². The molecule has 0 bridgehead atoms. The highest BCUT2D eigenvalue weighted by Gasteiger charge is 2.24. The van der Waals surface area contributed by atoms with Crippen LogP contribution in [0.5, 0.6) is 0 Å². The van der Waals surface area contributed by atoms with Crippen LogP contribution in [0.1, 0.15) is 49.7 Å². The molecule has 0 amide bonds. The highest BCUT2D eigenvalue weighted by Crippen LogP contribution is 2.26. The predicted molar refractivity (Wildman–Crippen MR) is 116 cm³/mol. The summed E-state index contributed by atoms with van der Waals surface area (Å²) < 4.78 is 0. The molecule has 1 aliphatic heterocycles. The molecule has 2 aromatic carbocycles. The fraction of sp³-hybridized carbons (Fsp3) is 0.520. The van der Waals surface area contributed by atoms with E-state index in [0.29, 0.717) is 6.04 Å². The molecule has 1 unspecified atom stereocenters. The van der Waals surface area contributed by atoms with E-state index in [0.717, 1.165) is 18.9 Å². The lowest BCUT2D eigenvalue weighted by atomic mass is 9.89. The van der Waals surface area contributed by atoms with E-state index in [1.54, 1.807) is 0 Å². The number of hydrogen-bond acceptors (Lipinski definition) is 2. The summed E-state index contributed by atoms with van der Waals surface area (Å²) in [6.07, 6.45) is 10.1. The van der Waals surface area contributed by atoms with Gasteiger partial charge in [-0.1, -0.05) is 60.7 Å². The lowest BCUT2D eigenvalue weighted by molar-refractivity contribution is 0.116. The molecule has 0 saturated carbocycles. The Kier molecular flexibility index (Phi) is 8.38. The van der Waals surface area contributed by atoms with Gasteiger partial charge in [-0.15, -0.1) is 0 Å². The van der Waals surface area contributed by atoms with Crippen LogP contribution in [-0.2, 0) is 12.8 Å². The van der Waals surface area contributed by atoms with Crippen LogP contribution in [-0.4, -0.2) is 30.6 Å². The molecule has 1 aliphatic rings. The SMILES string of the molecule is NCCCC(CCc1ccccc1)N1CCC(CCc2ccccc2)CC1. The van der Waals surface area contributed by atoms with Gasteiger partial charge in [0.2, 0.25) is 0 Å². The van der Waals surface area contributed by atoms with Gasteiger partial charge in [-0.3, -0.25) is 0 Å². The number of likely N-dealkylation sites (tertiary alicyclic amines) is 1. The third-order valence-corrected chi connectivity index (χ3v) is 6.20. The third-order valence-electron chi connectivity index (χ3n) is 6.20. The number of piperidine rings is 1. The number of aryl methyl sites for hydroxylation is 2. The number of nitrogens with two attached hydrogens (primary N) is 1. The van der Waals surface area contributed by atoms with Crippen molar-refractivity contribution in [3.63, 3.8) is 0 Å². The highest BCUT2D eigenvalue weighted by atomic mass is 15.2. The van der Waals surface area contributed by atoms with Gasteiger partial charge in [0.05, 0.1) is 0 Å². The van der Waals surface area contributed by atoms with Gasteiger partial charge in [-0.2, -0.15) is 0 Å². The lowest BCUT2D eigenvalue weighted by Crippen LogP contribution is -2.42. The van der Waals surface area contributed by atoms with Crippen molar-refractivity contribution in [1.82, 2.24) is 4.90 Å². The Balaban J connectivity index is 1.45. The summed E-state index contributed by atoms with van der Waals surface area (Å²) in [5, 5.41) is 0. The molecular weight excluding hydrogens is 328 g/mol. The smallest absolute Gasteiger partial charge is 0.00988 e. The molecule has 1 atom stereocenters. The van der Waals surface area contributed by atoms with Crippen LogP contribution in [0, 0.1) is 5.92 Å². The molecule has 2 N–H and O–H groups in total. The van der Waals surface area contributed by atoms with Gasteiger partial charge in [-0.25, -0.2) is 0 Å². The Morgan fingerprint density at radius 2 is 1.41 bits per heavy atom. The molecular formula is C25H36N2. The number of hydrogen-bond donors (Lipinski definition) is 1. The van der Waals surface area contributed by atoms with Crippen LogP contribution < -0.4 is 5.73 Å². The first-order valence-electron chi connectivity index (χ1n) is 10.9. The Labute approximate surface area is 165 Å². The van der Waals surface area contributed by atoms with Crippen LogP contribution in [0.4, 0.5) is 0 Å². The maximum Gasteiger partial charge on any atom is 0.00988 e. The van der Waals surface area contributed by atoms with Crippen molar-refractivity contribution in [2.45, 2.75) is 57.4 Å². The molecule has 1 saturated heterocycles. The molecule has 2 nitrogen and oxygen atoms in total. The summed E-state index contributed by atoms with van der Waals surface area (Å²) in [6, 6.07) is 22.6. The zero-order chi connectivity index (χ0) is 18.7. The van der Waals surface area contributed by atoms with E-state index in [2.05, 4.69) is 65.6 Å². The van der Waals surface area contributed by atoms with Crippen molar-refractivity contribution in [2.24, 2.45) is 11.7 Å². The minimum atomic E-state index is 0.698. The summed E-state index contributed by atoms with van der Waals surface area (Å²) >= 11 is 0. The van der Waals surface area contributed by atoms with E-state index in [1.165, 1.54) is 69.2 Å². The largest absolute Gasteiger partial charge is 0.330 e.